The van der Waals surface area contributed by atoms with Crippen LogP contribution in [0.25, 0.3) is 5.57 Å². The van der Waals surface area contributed by atoms with Gasteiger partial charge in [0.25, 0.3) is 0 Å². The first-order chi connectivity index (χ1) is 7.24. The van der Waals surface area contributed by atoms with E-state index in [-0.39, 0.29) is 11.1 Å². The minimum absolute atomic E-state index is 0.0451. The maximum absolute atomic E-state index is 10.9. The van der Waals surface area contributed by atoms with Gasteiger partial charge in [0, 0.05) is 0 Å². The van der Waals surface area contributed by atoms with Gasteiger partial charge < -0.3 is 5.11 Å². The molecule has 1 aromatic carbocycles. The molecule has 1 N–H and O–H groups in total. The average molecular weight is 200 g/mol. The molecule has 0 spiro atoms. The molecule has 0 radical (unpaired) electrons. The highest BCUT2D eigenvalue weighted by Crippen LogP contribution is 2.29. The highest BCUT2D eigenvalue weighted by molar-refractivity contribution is 6.13. The van der Waals surface area contributed by atoms with E-state index in [1.54, 1.807) is 24.2 Å². The summed E-state index contributed by atoms with van der Waals surface area (Å²) < 4.78 is 0. The van der Waals surface area contributed by atoms with Crippen LogP contribution in [0.15, 0.2) is 35.9 Å². The van der Waals surface area contributed by atoms with Gasteiger partial charge in [-0.1, -0.05) is 30.3 Å². The number of hydrogen-bond donors (Lipinski definition) is 1. The molecule has 74 valence electrons. The topological polar surface area (TPSA) is 54.4 Å². The number of fused-ring (bicyclic) bond motifs is 1. The first kappa shape index (κ1) is 9.44. The molecule has 0 heterocycles. The highest BCUT2D eigenvalue weighted by Gasteiger charge is 2.22. The zero-order valence-corrected chi connectivity index (χ0v) is 7.86. The second-order valence-electron chi connectivity index (χ2n) is 3.26. The molecule has 0 bridgehead atoms. The molecule has 1 aliphatic rings. The van der Waals surface area contributed by atoms with Gasteiger partial charge in [-0.15, -0.1) is 0 Å². The van der Waals surface area contributed by atoms with E-state index in [9.17, 15) is 9.59 Å². The van der Waals surface area contributed by atoms with Crippen LogP contribution >= 0.6 is 0 Å². The molecular formula is C12H8O3. The van der Waals surface area contributed by atoms with Gasteiger partial charge in [0.15, 0.2) is 0 Å². The standard InChI is InChI=1S/C12H8O3/c13-7-11-9-4-2-1-3-8(9)5-6-10(11)12(14)15/h1-4,6H,5H2,(H,14,15). The number of carbonyl (C=O) groups is 1. The van der Waals surface area contributed by atoms with Crippen LogP contribution in [0.4, 0.5) is 0 Å². The predicted octanol–water partition coefficient (Wildman–Crippen LogP) is 1.47. The molecule has 2 rings (SSSR count). The quantitative estimate of drug-likeness (QED) is 0.698. The number of rotatable bonds is 1. The summed E-state index contributed by atoms with van der Waals surface area (Å²) in [6, 6.07) is 7.26. The lowest BCUT2D eigenvalue weighted by Gasteiger charge is -2.14. The summed E-state index contributed by atoms with van der Waals surface area (Å²) in [6.07, 6.45) is 2.09. The van der Waals surface area contributed by atoms with E-state index in [4.69, 9.17) is 5.11 Å². The summed E-state index contributed by atoms with van der Waals surface area (Å²) in [5.74, 6) is 0.628. The van der Waals surface area contributed by atoms with Crippen molar-refractivity contribution in [3.63, 3.8) is 0 Å². The van der Waals surface area contributed by atoms with Crippen LogP contribution in [-0.4, -0.2) is 17.0 Å². The van der Waals surface area contributed by atoms with E-state index in [1.165, 1.54) is 0 Å². The Kier molecular flexibility index (Phi) is 2.24. The Balaban J connectivity index is 2.62. The van der Waals surface area contributed by atoms with Crippen molar-refractivity contribution in [2.75, 3.05) is 0 Å². The number of aliphatic carboxylic acids is 1. The third-order valence-electron chi connectivity index (χ3n) is 2.41. The largest absolute Gasteiger partial charge is 0.478 e. The van der Waals surface area contributed by atoms with Crippen LogP contribution < -0.4 is 0 Å². The van der Waals surface area contributed by atoms with Gasteiger partial charge in [-0.05, 0) is 17.5 Å². The Bertz CT molecular complexity index is 505. The van der Waals surface area contributed by atoms with Crippen molar-refractivity contribution in [2.45, 2.75) is 6.42 Å². The first-order valence-corrected chi connectivity index (χ1v) is 4.51. The van der Waals surface area contributed by atoms with Gasteiger partial charge in [-0.2, -0.15) is 0 Å². The van der Waals surface area contributed by atoms with Crippen LogP contribution in [0, 0.1) is 0 Å². The molecule has 15 heavy (non-hydrogen) atoms. The third kappa shape index (κ3) is 1.49. The fourth-order valence-corrected chi connectivity index (χ4v) is 1.71. The molecule has 0 amide bonds. The minimum atomic E-state index is -1.08. The smallest absolute Gasteiger partial charge is 0.336 e. The third-order valence-corrected chi connectivity index (χ3v) is 2.41. The van der Waals surface area contributed by atoms with Gasteiger partial charge >= 0.3 is 5.97 Å². The Morgan fingerprint density at radius 1 is 1.33 bits per heavy atom. The molecule has 0 atom stereocenters. The normalized spacial score (nSPS) is 13.9. The maximum Gasteiger partial charge on any atom is 0.336 e. The Hall–Kier alpha value is -2.12. The summed E-state index contributed by atoms with van der Waals surface area (Å²) in [7, 11) is 0. The molecule has 0 aliphatic heterocycles. The number of carboxylic acid groups (broad SMARTS) is 1. The van der Waals surface area contributed by atoms with E-state index in [1.807, 2.05) is 12.1 Å². The summed E-state index contributed by atoms with van der Waals surface area (Å²) in [5, 5.41) is 8.90. The van der Waals surface area contributed by atoms with E-state index in [0.29, 0.717) is 12.0 Å². The summed E-state index contributed by atoms with van der Waals surface area (Å²) in [5.41, 5.74) is 1.82. The lowest BCUT2D eigenvalue weighted by Crippen LogP contribution is -2.10. The molecular weight excluding hydrogens is 192 g/mol. The highest BCUT2D eigenvalue weighted by atomic mass is 16.4. The van der Waals surface area contributed by atoms with Gasteiger partial charge in [0.1, 0.15) is 5.94 Å². The van der Waals surface area contributed by atoms with Crippen LogP contribution in [0.1, 0.15) is 11.1 Å². The molecule has 0 aromatic heterocycles. The number of benzene rings is 1. The van der Waals surface area contributed by atoms with Crippen LogP contribution in [0.2, 0.25) is 0 Å². The molecule has 0 fully saturated rings. The van der Waals surface area contributed by atoms with Crippen LogP contribution in [0.3, 0.4) is 0 Å². The fourth-order valence-electron chi connectivity index (χ4n) is 1.71. The van der Waals surface area contributed by atoms with E-state index < -0.39 is 5.97 Å². The van der Waals surface area contributed by atoms with Gasteiger partial charge in [-0.25, -0.2) is 9.59 Å². The van der Waals surface area contributed by atoms with Crippen molar-refractivity contribution in [2.24, 2.45) is 0 Å². The van der Waals surface area contributed by atoms with Crippen molar-refractivity contribution in [3.05, 3.63) is 47.0 Å². The number of allylic oxidation sites excluding steroid dienone is 1. The van der Waals surface area contributed by atoms with Crippen LogP contribution in [-0.2, 0) is 16.0 Å². The van der Waals surface area contributed by atoms with Crippen molar-refractivity contribution >= 4 is 17.5 Å². The zero-order valence-electron chi connectivity index (χ0n) is 7.86. The van der Waals surface area contributed by atoms with Crippen molar-refractivity contribution < 1.29 is 14.7 Å². The van der Waals surface area contributed by atoms with Crippen molar-refractivity contribution in [3.8, 4) is 0 Å². The van der Waals surface area contributed by atoms with Crippen molar-refractivity contribution in [1.29, 1.82) is 0 Å². The van der Waals surface area contributed by atoms with Crippen LogP contribution in [0.5, 0.6) is 0 Å². The van der Waals surface area contributed by atoms with E-state index in [2.05, 4.69) is 0 Å². The second kappa shape index (κ2) is 3.56. The lowest BCUT2D eigenvalue weighted by molar-refractivity contribution is -0.132. The SMILES string of the molecule is O=C=C1C(C(=O)O)=CCc2ccccc21. The van der Waals surface area contributed by atoms with Gasteiger partial charge in [-0.3, -0.25) is 0 Å². The van der Waals surface area contributed by atoms with E-state index in [0.717, 1.165) is 5.56 Å². The predicted molar refractivity (Wildman–Crippen MR) is 55.0 cm³/mol. The minimum Gasteiger partial charge on any atom is -0.478 e. The van der Waals surface area contributed by atoms with Gasteiger partial charge in [0.05, 0.1) is 11.1 Å². The molecule has 0 unspecified atom stereocenters. The molecule has 0 saturated carbocycles. The lowest BCUT2D eigenvalue weighted by atomic mass is 9.88. The number of hydrogen-bond acceptors (Lipinski definition) is 2. The monoisotopic (exact) mass is 200 g/mol. The second-order valence-corrected chi connectivity index (χ2v) is 3.26. The number of carbonyl (C=O) groups excluding carboxylic acids is 1. The Morgan fingerprint density at radius 3 is 2.73 bits per heavy atom. The average Bonchev–Trinajstić information content (AvgIpc) is 2.27. The fraction of sp³-hybridized carbons (Fsp3) is 0.0833. The molecule has 1 aromatic rings. The van der Waals surface area contributed by atoms with E-state index >= 15 is 0 Å². The molecule has 0 saturated heterocycles. The summed E-state index contributed by atoms with van der Waals surface area (Å²) in [4.78, 5) is 21.6. The Labute approximate surface area is 86.4 Å². The molecule has 3 nitrogen and oxygen atoms in total. The number of carboxylic acids is 1. The first-order valence-electron chi connectivity index (χ1n) is 4.51. The van der Waals surface area contributed by atoms with Gasteiger partial charge in [0.2, 0.25) is 0 Å². The van der Waals surface area contributed by atoms with Crippen molar-refractivity contribution in [1.82, 2.24) is 0 Å². The maximum atomic E-state index is 10.9. The summed E-state index contributed by atoms with van der Waals surface area (Å²) >= 11 is 0. The zero-order chi connectivity index (χ0) is 10.8. The summed E-state index contributed by atoms with van der Waals surface area (Å²) in [6.45, 7) is 0. The Morgan fingerprint density at radius 2 is 2.07 bits per heavy atom. The molecule has 3 heteroatoms. The molecule has 1 aliphatic carbocycles.